The van der Waals surface area contributed by atoms with Gasteiger partial charge in [-0.15, -0.1) is 0 Å². The molecule has 0 aliphatic rings. The maximum Gasteiger partial charge on any atom is 0.502 e. The number of nitrogens with zero attached hydrogens (tertiary/aromatic N) is 4. The van der Waals surface area contributed by atoms with Crippen molar-refractivity contribution in [2.75, 3.05) is 6.61 Å². The predicted octanol–water partition coefficient (Wildman–Crippen LogP) is 4.40. The van der Waals surface area contributed by atoms with E-state index in [1.165, 1.54) is 12.1 Å². The Labute approximate surface area is 179 Å². The van der Waals surface area contributed by atoms with E-state index in [4.69, 9.17) is 38.5 Å². The van der Waals surface area contributed by atoms with Crippen molar-refractivity contribution in [3.8, 4) is 17.8 Å². The Morgan fingerprint density at radius 3 is 2.06 bits per heavy atom. The van der Waals surface area contributed by atoms with Crippen LogP contribution in [0.1, 0.15) is 17.0 Å². The first-order valence-electron chi connectivity index (χ1n) is 7.51. The van der Waals surface area contributed by atoms with Crippen LogP contribution in [-0.2, 0) is 27.4 Å². The molecule has 0 aliphatic carbocycles. The van der Waals surface area contributed by atoms with Crippen molar-refractivity contribution >= 4 is 33.0 Å². The molecular formula is C15H6Cl2F6N4O3S. The van der Waals surface area contributed by atoms with Gasteiger partial charge in [-0.25, -0.2) is 13.1 Å². The van der Waals surface area contributed by atoms with Gasteiger partial charge in [-0.2, -0.15) is 42.0 Å². The van der Waals surface area contributed by atoms with E-state index in [2.05, 4.69) is 5.10 Å². The number of ether oxygens (including phenoxy) is 1. The average Bonchev–Trinajstić information content (AvgIpc) is 2.98. The Morgan fingerprint density at radius 2 is 1.65 bits per heavy atom. The monoisotopic (exact) mass is 506 g/mol. The second-order valence-electron chi connectivity index (χ2n) is 5.53. The van der Waals surface area contributed by atoms with Crippen LogP contribution in [0.25, 0.3) is 5.69 Å². The molecule has 0 radical (unpaired) electrons. The lowest BCUT2D eigenvalue weighted by Gasteiger charge is -2.15. The minimum Gasteiger partial charge on any atom is -0.360 e. The minimum atomic E-state index is -6.17. The fraction of sp³-hybridized carbons (Fsp3) is 0.267. The summed E-state index contributed by atoms with van der Waals surface area (Å²) in [7, 11) is -6.17. The average molecular weight is 507 g/mol. The van der Waals surface area contributed by atoms with Crippen LogP contribution in [0.4, 0.5) is 26.3 Å². The number of hydrogen-bond donors (Lipinski definition) is 0. The predicted molar refractivity (Wildman–Crippen MR) is 91.8 cm³/mol. The Bertz CT molecular complexity index is 1190. The number of sulfone groups is 1. The number of rotatable bonds is 5. The molecule has 2 aromatic rings. The van der Waals surface area contributed by atoms with Crippen LogP contribution in [0, 0.1) is 22.7 Å². The molecule has 1 aromatic heterocycles. The number of aromatic nitrogens is 2. The van der Waals surface area contributed by atoms with Crippen molar-refractivity contribution in [1.82, 2.24) is 9.78 Å². The van der Waals surface area contributed by atoms with Crippen LogP contribution in [0.3, 0.4) is 0 Å². The van der Waals surface area contributed by atoms with Crippen molar-refractivity contribution in [1.29, 1.82) is 10.5 Å². The molecule has 166 valence electrons. The normalized spacial score (nSPS) is 12.5. The zero-order valence-corrected chi connectivity index (χ0v) is 16.8. The quantitative estimate of drug-likeness (QED) is 0.439. The van der Waals surface area contributed by atoms with Gasteiger partial charge in [0.15, 0.2) is 5.69 Å². The second kappa shape index (κ2) is 8.55. The maximum absolute atomic E-state index is 13.2. The van der Waals surface area contributed by atoms with Gasteiger partial charge in [0.2, 0.25) is 0 Å². The SMILES string of the molecule is N#CCOCc1c(S(=O)(=O)C(F)(F)F)c(C#N)nn1-c1c(Cl)cc(C(F)(F)F)cc1Cl. The largest absolute Gasteiger partial charge is 0.502 e. The van der Waals surface area contributed by atoms with Crippen LogP contribution in [0.5, 0.6) is 0 Å². The second-order valence-corrected chi connectivity index (χ2v) is 8.23. The van der Waals surface area contributed by atoms with Gasteiger partial charge >= 0.3 is 11.7 Å². The van der Waals surface area contributed by atoms with Crippen LogP contribution >= 0.6 is 23.2 Å². The summed E-state index contributed by atoms with van der Waals surface area (Å²) >= 11 is 11.6. The third-order valence-electron chi connectivity index (χ3n) is 3.57. The molecule has 1 heterocycles. The van der Waals surface area contributed by atoms with Gasteiger partial charge in [0.25, 0.3) is 9.84 Å². The van der Waals surface area contributed by atoms with Gasteiger partial charge in [-0.05, 0) is 12.1 Å². The molecule has 7 nitrogen and oxygen atoms in total. The first kappa shape index (κ1) is 24.7. The van der Waals surface area contributed by atoms with Gasteiger partial charge in [-0.3, -0.25) is 0 Å². The van der Waals surface area contributed by atoms with E-state index in [1.807, 2.05) is 0 Å². The Hall–Kier alpha value is -2.52. The number of hydrogen-bond acceptors (Lipinski definition) is 6. The number of alkyl halides is 6. The topological polar surface area (TPSA) is 109 Å². The van der Waals surface area contributed by atoms with E-state index in [0.29, 0.717) is 16.8 Å². The molecule has 0 N–H and O–H groups in total. The van der Waals surface area contributed by atoms with Crippen LogP contribution in [0.2, 0.25) is 10.0 Å². The smallest absolute Gasteiger partial charge is 0.360 e. The van der Waals surface area contributed by atoms with Crippen molar-refractivity contribution in [2.45, 2.75) is 23.2 Å². The molecule has 0 saturated heterocycles. The lowest BCUT2D eigenvalue weighted by molar-refractivity contribution is -0.137. The maximum atomic E-state index is 13.2. The summed E-state index contributed by atoms with van der Waals surface area (Å²) in [5.41, 5.74) is -9.95. The first-order chi connectivity index (χ1) is 14.2. The molecule has 0 saturated carbocycles. The molecular weight excluding hydrogens is 501 g/mol. The molecule has 0 amide bonds. The van der Waals surface area contributed by atoms with Crippen molar-refractivity contribution in [2.24, 2.45) is 0 Å². The number of benzene rings is 1. The molecule has 1 aromatic carbocycles. The van der Waals surface area contributed by atoms with E-state index >= 15 is 0 Å². The number of halogens is 8. The fourth-order valence-corrected chi connectivity index (χ4v) is 4.02. The van der Waals surface area contributed by atoms with Crippen LogP contribution in [0.15, 0.2) is 17.0 Å². The first-order valence-corrected chi connectivity index (χ1v) is 9.75. The van der Waals surface area contributed by atoms with Gasteiger partial charge in [-0.1, -0.05) is 23.2 Å². The Balaban J connectivity index is 2.90. The summed E-state index contributed by atoms with van der Waals surface area (Å²) in [6.07, 6.45) is -4.88. The zero-order valence-electron chi connectivity index (χ0n) is 14.5. The third-order valence-corrected chi connectivity index (χ3v) is 5.73. The molecule has 0 atom stereocenters. The zero-order chi connectivity index (χ0) is 23.8. The van der Waals surface area contributed by atoms with E-state index in [0.717, 1.165) is 0 Å². The summed E-state index contributed by atoms with van der Waals surface area (Å²) in [5, 5.41) is 19.6. The lowest BCUT2D eigenvalue weighted by atomic mass is 10.2. The van der Waals surface area contributed by atoms with E-state index < -0.39 is 72.3 Å². The van der Waals surface area contributed by atoms with Gasteiger partial charge < -0.3 is 4.74 Å². The van der Waals surface area contributed by atoms with Crippen molar-refractivity contribution in [3.05, 3.63) is 39.1 Å². The van der Waals surface area contributed by atoms with E-state index in [1.54, 1.807) is 0 Å². The highest BCUT2D eigenvalue weighted by Crippen LogP contribution is 2.40. The summed E-state index contributed by atoms with van der Waals surface area (Å²) in [6.45, 7) is -1.70. The van der Waals surface area contributed by atoms with Gasteiger partial charge in [0.05, 0.1) is 34.0 Å². The van der Waals surface area contributed by atoms with Crippen LogP contribution < -0.4 is 0 Å². The summed E-state index contributed by atoms with van der Waals surface area (Å²) < 4.78 is 107. The van der Waals surface area contributed by atoms with Crippen LogP contribution in [-0.4, -0.2) is 30.3 Å². The van der Waals surface area contributed by atoms with Gasteiger partial charge in [0, 0.05) is 0 Å². The molecule has 0 unspecified atom stereocenters. The molecule has 0 aliphatic heterocycles. The molecule has 31 heavy (non-hydrogen) atoms. The Morgan fingerprint density at radius 1 is 1.10 bits per heavy atom. The third kappa shape index (κ3) is 4.72. The Kier molecular flexibility index (Phi) is 6.82. The van der Waals surface area contributed by atoms with Gasteiger partial charge in [0.1, 0.15) is 23.3 Å². The number of nitriles is 2. The highest BCUT2D eigenvalue weighted by Gasteiger charge is 2.51. The molecule has 0 spiro atoms. The molecule has 16 heteroatoms. The minimum absolute atomic E-state index is 0.360. The highest BCUT2D eigenvalue weighted by molar-refractivity contribution is 7.92. The molecule has 0 bridgehead atoms. The van der Waals surface area contributed by atoms with E-state index in [-0.39, 0.29) is 0 Å². The lowest BCUT2D eigenvalue weighted by Crippen LogP contribution is -2.25. The summed E-state index contributed by atoms with van der Waals surface area (Å²) in [5.74, 6) is 0. The summed E-state index contributed by atoms with van der Waals surface area (Å²) in [4.78, 5) is -1.60. The van der Waals surface area contributed by atoms with Crippen molar-refractivity contribution in [3.63, 3.8) is 0 Å². The van der Waals surface area contributed by atoms with Crippen molar-refractivity contribution < 1.29 is 39.5 Å². The fourth-order valence-electron chi connectivity index (χ4n) is 2.35. The molecule has 0 fully saturated rings. The molecule has 2 rings (SSSR count). The summed E-state index contributed by atoms with van der Waals surface area (Å²) in [6, 6.07) is 3.43. The van der Waals surface area contributed by atoms with E-state index in [9.17, 15) is 34.8 Å². The standard InChI is InChI=1S/C15H6Cl2F6N4O3S/c16-8-3-7(14(18,19)20)4-9(17)12(8)27-11(6-30-2-1-24)13(10(5-25)26-27)31(28,29)15(21,22)23/h3-4H,2,6H2. The highest BCUT2D eigenvalue weighted by atomic mass is 35.5.